The summed E-state index contributed by atoms with van der Waals surface area (Å²) in [5.74, 6) is 0.940. The number of carbonyl (C=O) groups is 1. The fourth-order valence-corrected chi connectivity index (χ4v) is 3.64. The van der Waals surface area contributed by atoms with Gasteiger partial charge in [-0.2, -0.15) is 5.10 Å². The Balaban J connectivity index is 0.00000208. The second kappa shape index (κ2) is 7.44. The number of nitrogens with zero attached hydrogens (tertiary/aromatic N) is 2. The van der Waals surface area contributed by atoms with E-state index in [2.05, 4.69) is 31.2 Å². The lowest BCUT2D eigenvalue weighted by atomic mass is 9.84. The third-order valence-electron chi connectivity index (χ3n) is 5.13. The van der Waals surface area contributed by atoms with E-state index in [9.17, 15) is 4.79 Å². The molecule has 1 aromatic rings. The number of aromatic nitrogens is 2. The van der Waals surface area contributed by atoms with Crippen LogP contribution in [0.15, 0.2) is 6.07 Å². The van der Waals surface area contributed by atoms with E-state index in [-0.39, 0.29) is 29.9 Å². The van der Waals surface area contributed by atoms with E-state index in [1.807, 2.05) is 10.7 Å². The minimum atomic E-state index is -0.0961. The maximum absolute atomic E-state index is 12.7. The number of nitrogens with two attached hydrogens (primary N) is 1. The van der Waals surface area contributed by atoms with E-state index < -0.39 is 0 Å². The Labute approximate surface area is 151 Å². The lowest BCUT2D eigenvalue weighted by Crippen LogP contribution is -2.44. The normalized spacial score (nSPS) is 24.3. The van der Waals surface area contributed by atoms with Gasteiger partial charge in [-0.3, -0.25) is 9.48 Å². The highest BCUT2D eigenvalue weighted by Crippen LogP contribution is 2.41. The highest BCUT2D eigenvalue weighted by Gasteiger charge is 2.33. The molecule has 2 aliphatic carbocycles. The molecule has 1 aromatic heterocycles. The summed E-state index contributed by atoms with van der Waals surface area (Å²) in [6.07, 6.45) is 6.96. The van der Waals surface area contributed by atoms with Gasteiger partial charge in [0.1, 0.15) is 5.69 Å². The van der Waals surface area contributed by atoms with Gasteiger partial charge in [0.2, 0.25) is 0 Å². The molecule has 2 saturated carbocycles. The molecule has 3 N–H and O–H groups in total. The average molecular weight is 355 g/mol. The zero-order valence-corrected chi connectivity index (χ0v) is 15.9. The lowest BCUT2D eigenvalue weighted by molar-refractivity contribution is 0.0901. The van der Waals surface area contributed by atoms with Gasteiger partial charge in [-0.15, -0.1) is 12.4 Å². The van der Waals surface area contributed by atoms with Crippen LogP contribution in [0.2, 0.25) is 0 Å². The van der Waals surface area contributed by atoms with Crippen molar-refractivity contribution in [3.05, 3.63) is 17.5 Å². The fourth-order valence-electron chi connectivity index (χ4n) is 3.64. The van der Waals surface area contributed by atoms with E-state index in [0.29, 0.717) is 24.1 Å². The van der Waals surface area contributed by atoms with Crippen LogP contribution in [0.5, 0.6) is 0 Å². The van der Waals surface area contributed by atoms with Gasteiger partial charge in [-0.05, 0) is 65.0 Å². The summed E-state index contributed by atoms with van der Waals surface area (Å²) in [7, 11) is 0. The SMILES string of the molecule is CC(C)(C)n1nc(C(=O)NC2CCCCC2CN)cc1C1CC1.Cl. The van der Waals surface area contributed by atoms with Crippen molar-refractivity contribution in [2.24, 2.45) is 11.7 Å². The lowest BCUT2D eigenvalue weighted by Gasteiger charge is -2.31. The minimum Gasteiger partial charge on any atom is -0.348 e. The molecule has 3 rings (SSSR count). The van der Waals surface area contributed by atoms with Gasteiger partial charge >= 0.3 is 0 Å². The molecule has 0 aromatic carbocycles. The van der Waals surface area contributed by atoms with E-state index in [4.69, 9.17) is 5.73 Å². The molecule has 5 nitrogen and oxygen atoms in total. The first-order valence-electron chi connectivity index (χ1n) is 9.01. The number of amides is 1. The van der Waals surface area contributed by atoms with E-state index in [0.717, 1.165) is 12.8 Å². The predicted molar refractivity (Wildman–Crippen MR) is 98.7 cm³/mol. The second-order valence-electron chi connectivity index (χ2n) is 8.17. The quantitative estimate of drug-likeness (QED) is 0.872. The van der Waals surface area contributed by atoms with E-state index in [1.54, 1.807) is 0 Å². The van der Waals surface area contributed by atoms with Crippen LogP contribution in [0, 0.1) is 5.92 Å². The molecule has 2 atom stereocenters. The summed E-state index contributed by atoms with van der Waals surface area (Å²) in [5, 5.41) is 7.83. The highest BCUT2D eigenvalue weighted by molar-refractivity contribution is 5.92. The maximum Gasteiger partial charge on any atom is 0.272 e. The van der Waals surface area contributed by atoms with Gasteiger partial charge in [0.25, 0.3) is 5.91 Å². The maximum atomic E-state index is 12.7. The molecule has 2 aliphatic rings. The summed E-state index contributed by atoms with van der Waals surface area (Å²) in [5.41, 5.74) is 7.54. The molecular weight excluding hydrogens is 324 g/mol. The summed E-state index contributed by atoms with van der Waals surface area (Å²) in [4.78, 5) is 12.7. The minimum absolute atomic E-state index is 0. The van der Waals surface area contributed by atoms with Crippen molar-refractivity contribution in [1.29, 1.82) is 0 Å². The molecular formula is C18H31ClN4O. The molecule has 0 saturated heterocycles. The van der Waals surface area contributed by atoms with Gasteiger partial charge < -0.3 is 11.1 Å². The topological polar surface area (TPSA) is 72.9 Å². The van der Waals surface area contributed by atoms with Crippen molar-refractivity contribution in [2.45, 2.75) is 76.8 Å². The van der Waals surface area contributed by atoms with Crippen molar-refractivity contribution in [2.75, 3.05) is 6.54 Å². The number of halogens is 1. The molecule has 0 radical (unpaired) electrons. The standard InChI is InChI=1S/C18H30N4O.ClH/c1-18(2,3)22-16(12-8-9-12)10-15(21-22)17(23)20-14-7-5-4-6-13(14)11-19;/h10,12-14H,4-9,11,19H2,1-3H3,(H,20,23);1H. The number of hydrogen-bond acceptors (Lipinski definition) is 3. The molecule has 2 fully saturated rings. The summed E-state index contributed by atoms with van der Waals surface area (Å²) in [6, 6.07) is 2.20. The largest absolute Gasteiger partial charge is 0.348 e. The van der Waals surface area contributed by atoms with Crippen LogP contribution >= 0.6 is 12.4 Å². The molecule has 0 bridgehead atoms. The Kier molecular flexibility index (Phi) is 5.97. The van der Waals surface area contributed by atoms with Crippen molar-refractivity contribution in [3.63, 3.8) is 0 Å². The molecule has 0 spiro atoms. The third kappa shape index (κ3) is 4.12. The van der Waals surface area contributed by atoms with Crippen molar-refractivity contribution in [3.8, 4) is 0 Å². The Morgan fingerprint density at radius 3 is 2.54 bits per heavy atom. The third-order valence-corrected chi connectivity index (χ3v) is 5.13. The molecule has 2 unspecified atom stereocenters. The van der Waals surface area contributed by atoms with Gasteiger partial charge in [0.05, 0.1) is 5.54 Å². The molecule has 0 aliphatic heterocycles. The zero-order valence-electron chi connectivity index (χ0n) is 15.0. The first kappa shape index (κ1) is 19.3. The van der Waals surface area contributed by atoms with Gasteiger partial charge in [-0.1, -0.05) is 12.8 Å². The van der Waals surface area contributed by atoms with Gasteiger partial charge in [0, 0.05) is 17.7 Å². The first-order chi connectivity index (χ1) is 10.9. The number of nitrogens with one attached hydrogen (secondary N) is 1. The van der Waals surface area contributed by atoms with Crippen molar-refractivity contribution in [1.82, 2.24) is 15.1 Å². The predicted octanol–water partition coefficient (Wildman–Crippen LogP) is 3.18. The van der Waals surface area contributed by atoms with Crippen molar-refractivity contribution >= 4 is 18.3 Å². The second-order valence-corrected chi connectivity index (χ2v) is 8.17. The molecule has 136 valence electrons. The van der Waals surface area contributed by atoms with Crippen LogP contribution in [0.4, 0.5) is 0 Å². The van der Waals surface area contributed by atoms with Crippen LogP contribution < -0.4 is 11.1 Å². The summed E-state index contributed by atoms with van der Waals surface area (Å²) >= 11 is 0. The highest BCUT2D eigenvalue weighted by atomic mass is 35.5. The van der Waals surface area contributed by atoms with Gasteiger partial charge in [-0.25, -0.2) is 0 Å². The molecule has 6 heteroatoms. The molecule has 24 heavy (non-hydrogen) atoms. The number of carbonyl (C=O) groups excluding carboxylic acids is 1. The van der Waals surface area contributed by atoms with Crippen LogP contribution in [-0.4, -0.2) is 28.3 Å². The Bertz CT molecular complexity index is 574. The van der Waals surface area contributed by atoms with Crippen LogP contribution in [0.1, 0.15) is 81.4 Å². The monoisotopic (exact) mass is 354 g/mol. The van der Waals surface area contributed by atoms with E-state index >= 15 is 0 Å². The fraction of sp³-hybridized carbons (Fsp3) is 0.778. The summed E-state index contributed by atoms with van der Waals surface area (Å²) in [6.45, 7) is 7.06. The van der Waals surface area contributed by atoms with Crippen molar-refractivity contribution < 1.29 is 4.79 Å². The number of hydrogen-bond donors (Lipinski definition) is 2. The number of rotatable bonds is 4. The van der Waals surface area contributed by atoms with Crippen LogP contribution in [0.3, 0.4) is 0 Å². The first-order valence-corrected chi connectivity index (χ1v) is 9.01. The Hall–Kier alpha value is -1.07. The Morgan fingerprint density at radius 1 is 1.29 bits per heavy atom. The van der Waals surface area contributed by atoms with Gasteiger partial charge in [0.15, 0.2) is 0 Å². The average Bonchev–Trinajstić information content (AvgIpc) is 3.24. The Morgan fingerprint density at radius 2 is 1.96 bits per heavy atom. The smallest absolute Gasteiger partial charge is 0.272 e. The van der Waals surface area contributed by atoms with Crippen LogP contribution in [0.25, 0.3) is 0 Å². The summed E-state index contributed by atoms with van der Waals surface area (Å²) < 4.78 is 2.04. The molecule has 1 amide bonds. The molecule has 1 heterocycles. The van der Waals surface area contributed by atoms with Crippen LogP contribution in [-0.2, 0) is 5.54 Å². The zero-order chi connectivity index (χ0) is 16.6. The van der Waals surface area contributed by atoms with E-state index in [1.165, 1.54) is 31.4 Å².